The number of hydrogen-bond acceptors (Lipinski definition) is 4. The summed E-state index contributed by atoms with van der Waals surface area (Å²) in [6.45, 7) is 1.71. The number of hydrazone groups is 1. The van der Waals surface area contributed by atoms with Crippen LogP contribution < -0.4 is 11.3 Å². The van der Waals surface area contributed by atoms with Crippen LogP contribution in [0, 0.1) is 0 Å². The Morgan fingerprint density at radius 3 is 3.00 bits per heavy atom. The molecule has 0 aliphatic carbocycles. The molecule has 0 aromatic rings. The minimum atomic E-state index is -0.424. The summed E-state index contributed by atoms with van der Waals surface area (Å²) in [5.74, 6) is 4.31. The third-order valence-electron chi connectivity index (χ3n) is 1.73. The van der Waals surface area contributed by atoms with Crippen LogP contribution in [0.2, 0.25) is 0 Å². The number of carbonyl (C=O) groups is 2. The van der Waals surface area contributed by atoms with E-state index < -0.39 is 5.91 Å². The van der Waals surface area contributed by atoms with E-state index in [0.29, 0.717) is 12.8 Å². The molecule has 0 unspecified atom stereocenters. The normalized spacial score (nSPS) is 16.9. The first-order chi connectivity index (χ1) is 6.13. The number of hydrazine groups is 1. The van der Waals surface area contributed by atoms with Crippen molar-refractivity contribution < 1.29 is 9.59 Å². The molecule has 0 spiro atoms. The maximum atomic E-state index is 11.2. The molecule has 3 N–H and O–H groups in total. The zero-order chi connectivity index (χ0) is 9.84. The van der Waals surface area contributed by atoms with Gasteiger partial charge in [-0.1, -0.05) is 0 Å². The quantitative estimate of drug-likeness (QED) is 0.327. The Morgan fingerprint density at radius 1 is 1.69 bits per heavy atom. The molecule has 6 nitrogen and oxygen atoms in total. The lowest BCUT2D eigenvalue weighted by Crippen LogP contribution is -2.42. The van der Waals surface area contributed by atoms with Crippen LogP contribution >= 0.6 is 0 Å². The van der Waals surface area contributed by atoms with E-state index >= 15 is 0 Å². The summed E-state index contributed by atoms with van der Waals surface area (Å²) >= 11 is 0. The molecule has 0 bridgehead atoms. The van der Waals surface area contributed by atoms with Gasteiger partial charge in [0.05, 0.1) is 0 Å². The van der Waals surface area contributed by atoms with Crippen LogP contribution in [0.5, 0.6) is 0 Å². The fourth-order valence-electron chi connectivity index (χ4n) is 1.03. The Hall–Kier alpha value is -1.43. The van der Waals surface area contributed by atoms with E-state index in [-0.39, 0.29) is 12.5 Å². The lowest BCUT2D eigenvalue weighted by atomic mass is 10.2. The molecular weight excluding hydrogens is 172 g/mol. The Labute approximate surface area is 75.7 Å². The molecule has 0 radical (unpaired) electrons. The second-order valence-electron chi connectivity index (χ2n) is 2.85. The van der Waals surface area contributed by atoms with Crippen molar-refractivity contribution in [1.29, 1.82) is 0 Å². The highest BCUT2D eigenvalue weighted by atomic mass is 16.2. The van der Waals surface area contributed by atoms with E-state index in [2.05, 4.69) is 5.10 Å². The summed E-state index contributed by atoms with van der Waals surface area (Å²) in [6, 6.07) is 0. The summed E-state index contributed by atoms with van der Waals surface area (Å²) in [5.41, 5.74) is 2.80. The van der Waals surface area contributed by atoms with Gasteiger partial charge < -0.3 is 0 Å². The summed E-state index contributed by atoms with van der Waals surface area (Å²) in [5, 5.41) is 5.08. The molecule has 13 heavy (non-hydrogen) atoms. The van der Waals surface area contributed by atoms with E-state index in [1.807, 2.05) is 12.3 Å². The molecule has 0 aromatic carbocycles. The van der Waals surface area contributed by atoms with Crippen LogP contribution in [0.4, 0.5) is 0 Å². The summed E-state index contributed by atoms with van der Waals surface area (Å²) in [6.07, 6.45) is 1.08. The van der Waals surface area contributed by atoms with Gasteiger partial charge in [0, 0.05) is 12.1 Å². The standard InChI is InChI=1S/C7H12N4O2/c1-5-2-3-7(13)11(10-5)4-6(12)9-8/h2-4,8H2,1H3,(H,9,12). The molecule has 1 aliphatic heterocycles. The Morgan fingerprint density at radius 2 is 2.38 bits per heavy atom. The Kier molecular flexibility index (Phi) is 2.97. The fraction of sp³-hybridized carbons (Fsp3) is 0.571. The molecule has 6 heteroatoms. The van der Waals surface area contributed by atoms with Crippen LogP contribution in [0.25, 0.3) is 0 Å². The third kappa shape index (κ3) is 2.51. The minimum absolute atomic E-state index is 0.104. The topological polar surface area (TPSA) is 87.8 Å². The number of amides is 2. The molecule has 0 saturated carbocycles. The first-order valence-corrected chi connectivity index (χ1v) is 3.97. The van der Waals surface area contributed by atoms with Gasteiger partial charge in [-0.3, -0.25) is 15.0 Å². The summed E-state index contributed by atoms with van der Waals surface area (Å²) in [7, 11) is 0. The molecule has 1 rings (SSSR count). The van der Waals surface area contributed by atoms with Crippen molar-refractivity contribution in [3.63, 3.8) is 0 Å². The monoisotopic (exact) mass is 184 g/mol. The van der Waals surface area contributed by atoms with Crippen molar-refractivity contribution in [1.82, 2.24) is 10.4 Å². The van der Waals surface area contributed by atoms with Crippen LogP contribution in [-0.2, 0) is 9.59 Å². The van der Waals surface area contributed by atoms with Crippen molar-refractivity contribution in [2.45, 2.75) is 19.8 Å². The summed E-state index contributed by atoms with van der Waals surface area (Å²) < 4.78 is 0. The lowest BCUT2D eigenvalue weighted by molar-refractivity contribution is -0.136. The highest BCUT2D eigenvalue weighted by molar-refractivity contribution is 5.93. The molecule has 0 saturated heterocycles. The number of nitrogens with one attached hydrogen (secondary N) is 1. The van der Waals surface area contributed by atoms with Crippen molar-refractivity contribution in [2.75, 3.05) is 6.54 Å². The average Bonchev–Trinajstić information content (AvgIpc) is 2.11. The van der Waals surface area contributed by atoms with Crippen LogP contribution in [0.1, 0.15) is 19.8 Å². The van der Waals surface area contributed by atoms with Crippen molar-refractivity contribution >= 4 is 17.5 Å². The van der Waals surface area contributed by atoms with Gasteiger partial charge in [-0.25, -0.2) is 10.9 Å². The van der Waals surface area contributed by atoms with E-state index in [0.717, 1.165) is 10.7 Å². The highest BCUT2D eigenvalue weighted by Crippen LogP contribution is 2.07. The van der Waals surface area contributed by atoms with Crippen molar-refractivity contribution in [3.8, 4) is 0 Å². The molecule has 0 atom stereocenters. The highest BCUT2D eigenvalue weighted by Gasteiger charge is 2.20. The number of nitrogens with zero attached hydrogens (tertiary/aromatic N) is 2. The first kappa shape index (κ1) is 9.66. The van der Waals surface area contributed by atoms with Gasteiger partial charge in [0.15, 0.2) is 0 Å². The molecule has 1 aliphatic rings. The predicted molar refractivity (Wildman–Crippen MR) is 46.4 cm³/mol. The molecule has 0 aromatic heterocycles. The maximum absolute atomic E-state index is 11.2. The van der Waals surface area contributed by atoms with Crippen LogP contribution in [0.3, 0.4) is 0 Å². The first-order valence-electron chi connectivity index (χ1n) is 3.97. The SMILES string of the molecule is CC1=NN(CC(=O)NN)C(=O)CC1. The van der Waals surface area contributed by atoms with Gasteiger partial charge in [0.2, 0.25) is 5.91 Å². The molecular formula is C7H12N4O2. The van der Waals surface area contributed by atoms with Gasteiger partial charge in [0.1, 0.15) is 6.54 Å². The second kappa shape index (κ2) is 3.99. The number of carbonyl (C=O) groups excluding carboxylic acids is 2. The minimum Gasteiger partial charge on any atom is -0.293 e. The van der Waals surface area contributed by atoms with Gasteiger partial charge in [-0.05, 0) is 13.3 Å². The van der Waals surface area contributed by atoms with Gasteiger partial charge in [-0.2, -0.15) is 5.10 Å². The van der Waals surface area contributed by atoms with E-state index in [1.165, 1.54) is 0 Å². The van der Waals surface area contributed by atoms with Crippen LogP contribution in [0.15, 0.2) is 5.10 Å². The molecule has 2 amide bonds. The van der Waals surface area contributed by atoms with Gasteiger partial charge in [-0.15, -0.1) is 0 Å². The number of rotatable bonds is 2. The van der Waals surface area contributed by atoms with Gasteiger partial charge >= 0.3 is 0 Å². The predicted octanol–water partition coefficient (Wildman–Crippen LogP) is -1.03. The largest absolute Gasteiger partial charge is 0.293 e. The molecule has 72 valence electrons. The molecule has 0 fully saturated rings. The zero-order valence-electron chi connectivity index (χ0n) is 7.41. The van der Waals surface area contributed by atoms with Crippen molar-refractivity contribution in [3.05, 3.63) is 0 Å². The maximum Gasteiger partial charge on any atom is 0.255 e. The van der Waals surface area contributed by atoms with E-state index in [9.17, 15) is 9.59 Å². The van der Waals surface area contributed by atoms with E-state index in [1.54, 1.807) is 0 Å². The fourth-order valence-corrected chi connectivity index (χ4v) is 1.03. The number of hydrogen-bond donors (Lipinski definition) is 2. The second-order valence-corrected chi connectivity index (χ2v) is 2.85. The van der Waals surface area contributed by atoms with E-state index in [4.69, 9.17) is 5.84 Å². The Bertz CT molecular complexity index is 261. The molecule has 1 heterocycles. The average molecular weight is 184 g/mol. The third-order valence-corrected chi connectivity index (χ3v) is 1.73. The summed E-state index contributed by atoms with van der Waals surface area (Å²) in [4.78, 5) is 22.0. The van der Waals surface area contributed by atoms with Crippen LogP contribution in [-0.4, -0.2) is 29.1 Å². The van der Waals surface area contributed by atoms with Gasteiger partial charge in [0.25, 0.3) is 5.91 Å². The van der Waals surface area contributed by atoms with Crippen molar-refractivity contribution in [2.24, 2.45) is 10.9 Å². The zero-order valence-corrected chi connectivity index (χ0v) is 7.41. The number of nitrogens with two attached hydrogens (primary N) is 1. The Balaban J connectivity index is 2.61. The lowest BCUT2D eigenvalue weighted by Gasteiger charge is -2.21. The smallest absolute Gasteiger partial charge is 0.255 e.